The van der Waals surface area contributed by atoms with Crippen molar-refractivity contribution in [1.29, 1.82) is 0 Å². The molecule has 0 spiro atoms. The quantitative estimate of drug-likeness (QED) is 0.632. The van der Waals surface area contributed by atoms with Gasteiger partial charge in [0.05, 0.1) is 0 Å². The Kier molecular flexibility index (Phi) is 5.11. The molecular weight excluding hydrogens is 273 g/mol. The molecule has 1 rings (SSSR count). The van der Waals surface area contributed by atoms with Crippen LogP contribution in [0.4, 0.5) is 0 Å². The average molecular weight is 286 g/mol. The molecule has 0 unspecified atom stereocenters. The minimum absolute atomic E-state index is 0.250. The summed E-state index contributed by atoms with van der Waals surface area (Å²) in [5, 5.41) is 0. The Labute approximate surface area is 89.4 Å². The Morgan fingerprint density at radius 1 is 1.25 bits per heavy atom. The van der Waals surface area contributed by atoms with Gasteiger partial charge in [0, 0.05) is 0 Å². The molecule has 1 aromatic rings. The van der Waals surface area contributed by atoms with Crippen molar-refractivity contribution in [3.8, 4) is 0 Å². The number of nitrogens with two attached hydrogens (primary N) is 1. The van der Waals surface area contributed by atoms with Gasteiger partial charge in [0.2, 0.25) is 0 Å². The molecule has 12 heavy (non-hydrogen) atoms. The minimum atomic E-state index is -0.250. The molecule has 1 nitrogen and oxygen atoms in total. The van der Waals surface area contributed by atoms with Gasteiger partial charge in [-0.2, -0.15) is 0 Å². The second-order valence-corrected chi connectivity index (χ2v) is 8.02. The molecule has 1 aromatic carbocycles. The van der Waals surface area contributed by atoms with Crippen LogP contribution in [0, 0.1) is 0 Å². The summed E-state index contributed by atoms with van der Waals surface area (Å²) < 4.78 is 2.38. The number of hydrogen-bond acceptors (Lipinski definition) is 2. The molecule has 0 heterocycles. The van der Waals surface area contributed by atoms with Crippen molar-refractivity contribution in [1.82, 2.24) is 0 Å². The normalized spacial score (nSPS) is 10.2. The second kappa shape index (κ2) is 5.89. The van der Waals surface area contributed by atoms with Gasteiger partial charge in [0.15, 0.2) is 0 Å². The Morgan fingerprint density at radius 3 is 2.50 bits per heavy atom. The summed E-state index contributed by atoms with van der Waals surface area (Å²) in [6, 6.07) is 8.45. The molecule has 0 saturated heterocycles. The third-order valence-electron chi connectivity index (χ3n) is 1.77. The number of benzene rings is 1. The Hall–Kier alpha value is 0.329. The maximum absolute atomic E-state index is 5.62. The van der Waals surface area contributed by atoms with Crippen molar-refractivity contribution in [3.05, 3.63) is 35.4 Å². The van der Waals surface area contributed by atoms with Crippen LogP contribution in [0.2, 0.25) is 0 Å². The van der Waals surface area contributed by atoms with Crippen molar-refractivity contribution in [2.75, 3.05) is 3.77 Å². The molecule has 0 aliphatic carbocycles. The Bertz CT molecular complexity index is 240. The van der Waals surface area contributed by atoms with Gasteiger partial charge in [-0.05, 0) is 0 Å². The van der Waals surface area contributed by atoms with Crippen LogP contribution in [0.5, 0.6) is 0 Å². The van der Waals surface area contributed by atoms with Gasteiger partial charge in [0.25, 0.3) is 0 Å². The van der Waals surface area contributed by atoms with Crippen LogP contribution in [0.3, 0.4) is 0 Å². The number of thiol groups is 1. The molecule has 0 bridgehead atoms. The molecule has 0 aromatic heterocycles. The molecule has 2 radical (unpaired) electrons. The molecule has 0 aliphatic rings. The van der Waals surface area contributed by atoms with Crippen LogP contribution < -0.4 is 5.73 Å². The first kappa shape index (κ1) is 10.4. The summed E-state index contributed by atoms with van der Waals surface area (Å²) in [6.07, 6.45) is 0. The first-order valence-electron chi connectivity index (χ1n) is 3.97. The predicted molar refractivity (Wildman–Crippen MR) is 57.6 cm³/mol. The van der Waals surface area contributed by atoms with E-state index >= 15 is 0 Å². The zero-order chi connectivity index (χ0) is 8.81. The van der Waals surface area contributed by atoms with E-state index in [0.717, 1.165) is 3.77 Å². The first-order chi connectivity index (χ1) is 5.88. The summed E-state index contributed by atoms with van der Waals surface area (Å²) in [5.41, 5.74) is 8.37. The summed E-state index contributed by atoms with van der Waals surface area (Å²) in [5.74, 6) is 0. The topological polar surface area (TPSA) is 26.0 Å². The molecule has 0 fully saturated rings. The fourth-order valence-electron chi connectivity index (χ4n) is 1.12. The second-order valence-electron chi connectivity index (χ2n) is 2.56. The van der Waals surface area contributed by atoms with Crippen LogP contribution in [0.15, 0.2) is 24.3 Å². The first-order valence-corrected chi connectivity index (χ1v) is 8.63. The third kappa shape index (κ3) is 2.99. The van der Waals surface area contributed by atoms with Crippen molar-refractivity contribution in [2.24, 2.45) is 5.73 Å². The SMILES string of the molecule is NCc1ccccc1[CH2][Sn][CH2]S. The monoisotopic (exact) mass is 287 g/mol. The molecule has 3 heteroatoms. The van der Waals surface area contributed by atoms with Gasteiger partial charge in [-0.25, -0.2) is 0 Å². The van der Waals surface area contributed by atoms with Crippen LogP contribution in [-0.2, 0) is 11.0 Å². The van der Waals surface area contributed by atoms with E-state index in [4.69, 9.17) is 5.73 Å². The molecule has 2 N–H and O–H groups in total. The fraction of sp³-hybridized carbons (Fsp3) is 0.333. The summed E-state index contributed by atoms with van der Waals surface area (Å²) in [7, 11) is 0. The molecule has 64 valence electrons. The zero-order valence-corrected chi connectivity index (χ0v) is 10.7. The van der Waals surface area contributed by atoms with E-state index in [9.17, 15) is 0 Å². The Morgan fingerprint density at radius 2 is 1.92 bits per heavy atom. The summed E-state index contributed by atoms with van der Waals surface area (Å²) in [4.78, 5) is 0. The van der Waals surface area contributed by atoms with Crippen LogP contribution in [-0.4, -0.2) is 24.9 Å². The molecular formula is C9H13NSSn. The van der Waals surface area contributed by atoms with E-state index in [2.05, 4.69) is 36.9 Å². The third-order valence-corrected chi connectivity index (χ3v) is 5.70. The van der Waals surface area contributed by atoms with E-state index in [1.165, 1.54) is 15.6 Å². The average Bonchev–Trinajstić information content (AvgIpc) is 2.15. The molecule has 0 saturated carbocycles. The van der Waals surface area contributed by atoms with Crippen molar-refractivity contribution in [3.63, 3.8) is 0 Å². The summed E-state index contributed by atoms with van der Waals surface area (Å²) in [6.45, 7) is 0.669. The van der Waals surface area contributed by atoms with Crippen molar-refractivity contribution >= 4 is 33.8 Å². The van der Waals surface area contributed by atoms with E-state index in [1.807, 2.05) is 0 Å². The Balaban J connectivity index is 2.68. The zero-order valence-electron chi connectivity index (χ0n) is 6.96. The van der Waals surface area contributed by atoms with E-state index < -0.39 is 0 Å². The van der Waals surface area contributed by atoms with E-state index in [1.54, 1.807) is 0 Å². The van der Waals surface area contributed by atoms with Gasteiger partial charge in [-0.3, -0.25) is 0 Å². The molecule has 0 amide bonds. The van der Waals surface area contributed by atoms with Crippen molar-refractivity contribution < 1.29 is 0 Å². The predicted octanol–water partition coefficient (Wildman–Crippen LogP) is 1.24. The van der Waals surface area contributed by atoms with Crippen LogP contribution in [0.25, 0.3) is 0 Å². The fourth-order valence-corrected chi connectivity index (χ4v) is 3.94. The van der Waals surface area contributed by atoms with E-state index in [0.29, 0.717) is 6.54 Å². The van der Waals surface area contributed by atoms with Gasteiger partial charge < -0.3 is 0 Å². The van der Waals surface area contributed by atoms with Gasteiger partial charge >= 0.3 is 89.6 Å². The van der Waals surface area contributed by atoms with E-state index in [-0.39, 0.29) is 21.1 Å². The maximum atomic E-state index is 5.62. The molecule has 0 atom stereocenters. The summed E-state index contributed by atoms with van der Waals surface area (Å²) >= 11 is 4.01. The standard InChI is InChI=1S/C8H10N.CH3S.Sn/c1-7-4-2-3-5-8(7)6-9;1-2;/h2-5H,1,6,9H2;2H,1H2;. The van der Waals surface area contributed by atoms with Crippen LogP contribution >= 0.6 is 12.6 Å². The van der Waals surface area contributed by atoms with Gasteiger partial charge in [0.1, 0.15) is 0 Å². The number of hydrogen-bond donors (Lipinski definition) is 2. The van der Waals surface area contributed by atoms with Gasteiger partial charge in [-0.1, -0.05) is 0 Å². The van der Waals surface area contributed by atoms with Crippen LogP contribution in [0.1, 0.15) is 11.1 Å². The number of rotatable bonds is 4. The van der Waals surface area contributed by atoms with Crippen molar-refractivity contribution in [2.45, 2.75) is 11.0 Å². The molecule has 0 aliphatic heterocycles. The van der Waals surface area contributed by atoms with Gasteiger partial charge in [-0.15, -0.1) is 0 Å².